The van der Waals surface area contributed by atoms with E-state index in [9.17, 15) is 18.5 Å². The fourth-order valence-electron chi connectivity index (χ4n) is 2.12. The Hall–Kier alpha value is -1.32. The summed E-state index contributed by atoms with van der Waals surface area (Å²) in [6.45, 7) is 0.267. The van der Waals surface area contributed by atoms with Crippen LogP contribution >= 0.6 is 35.0 Å². The minimum Gasteiger partial charge on any atom is -0.258 e. The van der Waals surface area contributed by atoms with Crippen molar-refractivity contribution in [2.24, 2.45) is 0 Å². The molecule has 0 bridgehead atoms. The van der Waals surface area contributed by atoms with Crippen LogP contribution in [0.2, 0.25) is 10.0 Å². The molecule has 0 unspecified atom stereocenters. The second-order valence-corrected chi connectivity index (χ2v) is 9.11. The summed E-state index contributed by atoms with van der Waals surface area (Å²) >= 11 is 13.4. The van der Waals surface area contributed by atoms with Crippen LogP contribution < -0.4 is 4.72 Å². The number of benzene rings is 2. The van der Waals surface area contributed by atoms with Crippen LogP contribution in [0.4, 0.5) is 5.69 Å². The summed E-state index contributed by atoms with van der Waals surface area (Å²) < 4.78 is 26.6. The van der Waals surface area contributed by atoms with Crippen LogP contribution in [0.5, 0.6) is 0 Å². The van der Waals surface area contributed by atoms with Crippen molar-refractivity contribution >= 4 is 50.7 Å². The fourth-order valence-corrected chi connectivity index (χ4v) is 4.51. The van der Waals surface area contributed by atoms with Crippen molar-refractivity contribution in [2.75, 3.05) is 12.3 Å². The highest BCUT2D eigenvalue weighted by atomic mass is 35.5. The molecule has 0 fully saturated rings. The van der Waals surface area contributed by atoms with Crippen LogP contribution in [-0.4, -0.2) is 25.6 Å². The van der Waals surface area contributed by atoms with Gasteiger partial charge in [0.15, 0.2) is 0 Å². The average molecular weight is 435 g/mol. The van der Waals surface area contributed by atoms with Gasteiger partial charge in [-0.05, 0) is 23.3 Å². The smallest absolute Gasteiger partial charge is 0.258 e. The summed E-state index contributed by atoms with van der Waals surface area (Å²) in [5, 5.41) is 11.7. The number of nitro benzene ring substituents is 1. The van der Waals surface area contributed by atoms with Gasteiger partial charge >= 0.3 is 0 Å². The van der Waals surface area contributed by atoms with Gasteiger partial charge in [0.05, 0.1) is 20.7 Å². The summed E-state index contributed by atoms with van der Waals surface area (Å²) in [7, 11) is -3.56. The Balaban J connectivity index is 1.78. The Morgan fingerprint density at radius 3 is 2.54 bits per heavy atom. The number of nitrogens with one attached hydrogen (secondary N) is 1. The minimum atomic E-state index is -3.56. The molecule has 2 aromatic rings. The predicted octanol–water partition coefficient (Wildman–Crippen LogP) is 4.25. The highest BCUT2D eigenvalue weighted by Crippen LogP contribution is 2.24. The Labute approximate surface area is 166 Å². The standard InChI is InChI=1S/C16H16Cl2N2O4S2/c17-15-5-4-12(9-16(15)18)10-25-7-6-19-26(23,24)11-13-2-1-3-14(8-13)20(21)22/h1-5,8-9,19H,6-7,10-11H2. The van der Waals surface area contributed by atoms with E-state index >= 15 is 0 Å². The normalized spacial score (nSPS) is 11.5. The fraction of sp³-hybridized carbons (Fsp3) is 0.250. The third-order valence-electron chi connectivity index (χ3n) is 3.30. The van der Waals surface area contributed by atoms with Gasteiger partial charge in [0, 0.05) is 30.2 Å². The highest BCUT2D eigenvalue weighted by Gasteiger charge is 2.13. The first-order chi connectivity index (χ1) is 12.3. The van der Waals surface area contributed by atoms with Crippen LogP contribution in [0.25, 0.3) is 0 Å². The second-order valence-electron chi connectivity index (χ2n) is 5.38. The summed E-state index contributed by atoms with van der Waals surface area (Å²) in [5.41, 5.74) is 1.24. The Bertz CT molecular complexity index is 892. The van der Waals surface area contributed by atoms with Gasteiger partial charge in [-0.3, -0.25) is 10.1 Å². The maximum atomic E-state index is 12.1. The number of halogens is 2. The molecule has 0 spiro atoms. The predicted molar refractivity (Wildman–Crippen MR) is 106 cm³/mol. The first-order valence-corrected chi connectivity index (χ1v) is 11.1. The molecule has 0 aliphatic carbocycles. The SMILES string of the molecule is O=[N+]([O-])c1cccc(CS(=O)(=O)NCCSCc2ccc(Cl)c(Cl)c2)c1. The van der Waals surface area contributed by atoms with E-state index in [1.807, 2.05) is 6.07 Å². The molecule has 10 heteroatoms. The average Bonchev–Trinajstić information content (AvgIpc) is 2.57. The minimum absolute atomic E-state index is 0.130. The number of nitro groups is 1. The molecule has 0 aliphatic heterocycles. The van der Waals surface area contributed by atoms with Gasteiger partial charge in [0.2, 0.25) is 10.0 Å². The zero-order chi connectivity index (χ0) is 19.2. The third-order valence-corrected chi connectivity index (χ3v) is 6.43. The Kier molecular flexibility index (Phi) is 7.72. The Morgan fingerprint density at radius 1 is 1.08 bits per heavy atom. The number of non-ortho nitro benzene ring substituents is 1. The van der Waals surface area contributed by atoms with Crippen LogP contribution in [0, 0.1) is 10.1 Å². The number of rotatable bonds is 9. The van der Waals surface area contributed by atoms with Crippen molar-refractivity contribution in [3.63, 3.8) is 0 Å². The molecule has 1 N–H and O–H groups in total. The summed E-state index contributed by atoms with van der Waals surface area (Å²) in [5.74, 6) is 0.962. The van der Waals surface area contributed by atoms with E-state index in [2.05, 4.69) is 4.72 Å². The highest BCUT2D eigenvalue weighted by molar-refractivity contribution is 7.98. The van der Waals surface area contributed by atoms with Crippen LogP contribution in [0.1, 0.15) is 11.1 Å². The third kappa shape index (κ3) is 6.77. The van der Waals surface area contributed by atoms with Crippen molar-refractivity contribution in [3.8, 4) is 0 Å². The maximum absolute atomic E-state index is 12.1. The quantitative estimate of drug-likeness (QED) is 0.361. The van der Waals surface area contributed by atoms with Gasteiger partial charge < -0.3 is 0 Å². The van der Waals surface area contributed by atoms with Gasteiger partial charge in [-0.25, -0.2) is 13.1 Å². The lowest BCUT2D eigenvalue weighted by Gasteiger charge is -2.07. The monoisotopic (exact) mass is 434 g/mol. The van der Waals surface area contributed by atoms with E-state index in [4.69, 9.17) is 23.2 Å². The molecule has 2 rings (SSSR count). The lowest BCUT2D eigenvalue weighted by molar-refractivity contribution is -0.384. The van der Waals surface area contributed by atoms with E-state index in [1.165, 1.54) is 18.2 Å². The molecule has 0 amide bonds. The number of nitrogens with zero attached hydrogens (tertiary/aromatic N) is 1. The van der Waals surface area contributed by atoms with E-state index in [-0.39, 0.29) is 18.0 Å². The molecular formula is C16H16Cl2N2O4S2. The summed E-state index contributed by atoms with van der Waals surface area (Å²) in [6.07, 6.45) is 0. The van der Waals surface area contributed by atoms with Gasteiger partial charge in [0.25, 0.3) is 5.69 Å². The largest absolute Gasteiger partial charge is 0.269 e. The number of hydrogen-bond acceptors (Lipinski definition) is 5. The van der Waals surface area contributed by atoms with Crippen molar-refractivity contribution in [3.05, 3.63) is 73.8 Å². The second kappa shape index (κ2) is 9.57. The molecule has 0 atom stereocenters. The zero-order valence-electron chi connectivity index (χ0n) is 13.5. The summed E-state index contributed by atoms with van der Waals surface area (Å²) in [6, 6.07) is 11.0. The van der Waals surface area contributed by atoms with Gasteiger partial charge in [0.1, 0.15) is 0 Å². The van der Waals surface area contributed by atoms with Crippen molar-refractivity contribution in [1.29, 1.82) is 0 Å². The van der Waals surface area contributed by atoms with E-state index in [0.29, 0.717) is 27.1 Å². The van der Waals surface area contributed by atoms with E-state index in [1.54, 1.807) is 30.0 Å². The Morgan fingerprint density at radius 2 is 1.85 bits per heavy atom. The van der Waals surface area contributed by atoms with Gasteiger partial charge in [-0.1, -0.05) is 41.4 Å². The number of sulfonamides is 1. The topological polar surface area (TPSA) is 89.3 Å². The maximum Gasteiger partial charge on any atom is 0.269 e. The molecule has 26 heavy (non-hydrogen) atoms. The van der Waals surface area contributed by atoms with Crippen molar-refractivity contribution in [2.45, 2.75) is 11.5 Å². The lowest BCUT2D eigenvalue weighted by Crippen LogP contribution is -2.27. The number of hydrogen-bond donors (Lipinski definition) is 1. The lowest BCUT2D eigenvalue weighted by atomic mass is 10.2. The van der Waals surface area contributed by atoms with Crippen LogP contribution in [0.15, 0.2) is 42.5 Å². The molecule has 0 saturated carbocycles. The molecule has 2 aromatic carbocycles. The molecule has 0 aromatic heterocycles. The van der Waals surface area contributed by atoms with Gasteiger partial charge in [-0.2, -0.15) is 11.8 Å². The molecule has 0 radical (unpaired) electrons. The molecule has 0 saturated heterocycles. The van der Waals surface area contributed by atoms with Crippen LogP contribution in [0.3, 0.4) is 0 Å². The van der Waals surface area contributed by atoms with Gasteiger partial charge in [-0.15, -0.1) is 0 Å². The molecule has 0 heterocycles. The summed E-state index contributed by atoms with van der Waals surface area (Å²) in [4.78, 5) is 10.2. The number of thioether (sulfide) groups is 1. The molecule has 140 valence electrons. The first-order valence-electron chi connectivity index (χ1n) is 7.49. The van der Waals surface area contributed by atoms with E-state index in [0.717, 1.165) is 5.56 Å². The molecular weight excluding hydrogens is 419 g/mol. The van der Waals surface area contributed by atoms with Crippen molar-refractivity contribution < 1.29 is 13.3 Å². The van der Waals surface area contributed by atoms with Crippen LogP contribution in [-0.2, 0) is 21.5 Å². The first kappa shape index (κ1) is 21.0. The van der Waals surface area contributed by atoms with Crippen molar-refractivity contribution in [1.82, 2.24) is 4.72 Å². The molecule has 6 nitrogen and oxygen atoms in total. The molecule has 0 aliphatic rings. The zero-order valence-corrected chi connectivity index (χ0v) is 16.7. The van der Waals surface area contributed by atoms with E-state index < -0.39 is 14.9 Å².